The lowest BCUT2D eigenvalue weighted by atomic mass is 10.0. The summed E-state index contributed by atoms with van der Waals surface area (Å²) in [6.07, 6.45) is 8.66. The number of nitrogens with zero attached hydrogens (tertiary/aromatic N) is 3. The molecule has 1 N–H and O–H groups in total. The third kappa shape index (κ3) is 7.10. The molecule has 1 heterocycles. The van der Waals surface area contributed by atoms with Crippen LogP contribution in [-0.2, 0) is 13.6 Å². The van der Waals surface area contributed by atoms with Crippen LogP contribution in [0, 0.1) is 5.92 Å². The highest BCUT2D eigenvalue weighted by molar-refractivity contribution is 4.90. The molecule has 0 saturated heterocycles. The van der Waals surface area contributed by atoms with Gasteiger partial charge in [0, 0.05) is 19.8 Å². The molecule has 1 rings (SSSR count). The molecule has 0 amide bonds. The van der Waals surface area contributed by atoms with Crippen molar-refractivity contribution in [1.82, 2.24) is 20.3 Å². The first kappa shape index (κ1) is 14.2. The molecule has 4 nitrogen and oxygen atoms in total. The number of aryl methyl sites for hydroxylation is 1. The van der Waals surface area contributed by atoms with E-state index in [2.05, 4.69) is 29.5 Å². The van der Waals surface area contributed by atoms with Crippen molar-refractivity contribution in [3.05, 3.63) is 11.9 Å². The van der Waals surface area contributed by atoms with E-state index in [4.69, 9.17) is 0 Å². The van der Waals surface area contributed by atoms with Crippen molar-refractivity contribution in [1.29, 1.82) is 0 Å². The average molecular weight is 238 g/mol. The maximum Gasteiger partial charge on any atom is 0.0964 e. The topological polar surface area (TPSA) is 42.7 Å². The Morgan fingerprint density at radius 1 is 1.24 bits per heavy atom. The predicted octanol–water partition coefficient (Wildman–Crippen LogP) is 2.51. The van der Waals surface area contributed by atoms with Gasteiger partial charge in [-0.1, -0.05) is 44.7 Å². The van der Waals surface area contributed by atoms with Crippen molar-refractivity contribution in [2.75, 3.05) is 6.54 Å². The lowest BCUT2D eigenvalue weighted by molar-refractivity contribution is 0.511. The number of unbranched alkanes of at least 4 members (excludes halogenated alkanes) is 3. The van der Waals surface area contributed by atoms with E-state index >= 15 is 0 Å². The van der Waals surface area contributed by atoms with Crippen LogP contribution in [0.2, 0.25) is 0 Å². The van der Waals surface area contributed by atoms with Crippen molar-refractivity contribution in [3.63, 3.8) is 0 Å². The summed E-state index contributed by atoms with van der Waals surface area (Å²) in [6, 6.07) is 0. The smallest absolute Gasteiger partial charge is 0.0964 e. The van der Waals surface area contributed by atoms with Gasteiger partial charge in [-0.2, -0.15) is 0 Å². The minimum atomic E-state index is 0.833. The van der Waals surface area contributed by atoms with Crippen molar-refractivity contribution >= 4 is 0 Å². The summed E-state index contributed by atoms with van der Waals surface area (Å²) < 4.78 is 1.74. The summed E-state index contributed by atoms with van der Waals surface area (Å²) in [6.45, 7) is 6.50. The van der Waals surface area contributed by atoms with Crippen LogP contribution >= 0.6 is 0 Å². The molecule has 0 radical (unpaired) electrons. The first-order valence-electron chi connectivity index (χ1n) is 6.74. The molecule has 1 aromatic rings. The van der Waals surface area contributed by atoms with Crippen molar-refractivity contribution < 1.29 is 0 Å². The van der Waals surface area contributed by atoms with E-state index < -0.39 is 0 Å². The third-order valence-corrected chi connectivity index (χ3v) is 2.84. The molecule has 4 heteroatoms. The van der Waals surface area contributed by atoms with Crippen molar-refractivity contribution in [3.8, 4) is 0 Å². The van der Waals surface area contributed by atoms with Crippen molar-refractivity contribution in [2.45, 2.75) is 52.5 Å². The van der Waals surface area contributed by atoms with Gasteiger partial charge in [0.2, 0.25) is 0 Å². The molecule has 1 aromatic heterocycles. The molecule has 0 aromatic carbocycles. The Morgan fingerprint density at radius 3 is 2.65 bits per heavy atom. The second-order valence-corrected chi connectivity index (χ2v) is 5.16. The van der Waals surface area contributed by atoms with Crippen molar-refractivity contribution in [2.24, 2.45) is 13.0 Å². The monoisotopic (exact) mass is 238 g/mol. The van der Waals surface area contributed by atoms with Crippen LogP contribution in [0.5, 0.6) is 0 Å². The summed E-state index contributed by atoms with van der Waals surface area (Å²) in [5.41, 5.74) is 1.02. The van der Waals surface area contributed by atoms with E-state index in [1.165, 1.54) is 32.1 Å². The SMILES string of the molecule is CC(C)CCCCCCNCc1cn(C)nn1. The van der Waals surface area contributed by atoms with Gasteiger partial charge in [-0.05, 0) is 18.9 Å². The van der Waals surface area contributed by atoms with E-state index in [-0.39, 0.29) is 0 Å². The Bertz CT molecular complexity index is 293. The Labute approximate surface area is 105 Å². The van der Waals surface area contributed by atoms with Crippen LogP contribution in [0.15, 0.2) is 6.20 Å². The number of rotatable bonds is 9. The molecule has 98 valence electrons. The number of aromatic nitrogens is 3. The fraction of sp³-hybridized carbons (Fsp3) is 0.846. The average Bonchev–Trinajstić information content (AvgIpc) is 2.68. The van der Waals surface area contributed by atoms with E-state index in [1.54, 1.807) is 4.68 Å². The van der Waals surface area contributed by atoms with Crippen LogP contribution < -0.4 is 5.32 Å². The Morgan fingerprint density at radius 2 is 2.00 bits per heavy atom. The van der Waals surface area contributed by atoms with Crippen LogP contribution in [0.3, 0.4) is 0 Å². The van der Waals surface area contributed by atoms with Crippen LogP contribution in [-0.4, -0.2) is 21.5 Å². The number of nitrogens with one attached hydrogen (secondary N) is 1. The molecule has 0 saturated carbocycles. The van der Waals surface area contributed by atoms with Gasteiger partial charge in [0.25, 0.3) is 0 Å². The second-order valence-electron chi connectivity index (χ2n) is 5.16. The summed E-state index contributed by atoms with van der Waals surface area (Å²) in [5.74, 6) is 0.852. The maximum atomic E-state index is 4.03. The second kappa shape index (κ2) is 8.23. The maximum absolute atomic E-state index is 4.03. The first-order valence-corrected chi connectivity index (χ1v) is 6.74. The van der Waals surface area contributed by atoms with Gasteiger partial charge in [0.1, 0.15) is 0 Å². The summed E-state index contributed by atoms with van der Waals surface area (Å²) in [4.78, 5) is 0. The van der Waals surface area contributed by atoms with Crippen LogP contribution in [0.25, 0.3) is 0 Å². The molecule has 17 heavy (non-hydrogen) atoms. The van der Waals surface area contributed by atoms with E-state index in [9.17, 15) is 0 Å². The standard InChI is InChI=1S/C13H26N4/c1-12(2)8-6-4-5-7-9-14-10-13-11-17(3)16-15-13/h11-12,14H,4-10H2,1-3H3. The molecule has 0 spiro atoms. The minimum absolute atomic E-state index is 0.833. The summed E-state index contributed by atoms with van der Waals surface area (Å²) in [7, 11) is 1.89. The zero-order chi connectivity index (χ0) is 12.5. The molecule has 0 aliphatic rings. The number of hydrogen-bond donors (Lipinski definition) is 1. The van der Waals surface area contributed by atoms with E-state index in [0.29, 0.717) is 0 Å². The predicted molar refractivity (Wildman–Crippen MR) is 70.6 cm³/mol. The molecular formula is C13H26N4. The zero-order valence-corrected chi connectivity index (χ0v) is 11.4. The normalized spacial score (nSPS) is 11.3. The highest BCUT2D eigenvalue weighted by atomic mass is 15.4. The first-order chi connectivity index (χ1) is 8.18. The van der Waals surface area contributed by atoms with Gasteiger partial charge in [0.05, 0.1) is 5.69 Å². The van der Waals surface area contributed by atoms with Gasteiger partial charge in [-0.3, -0.25) is 4.68 Å². The molecule has 0 bridgehead atoms. The van der Waals surface area contributed by atoms with Gasteiger partial charge < -0.3 is 5.32 Å². The largest absolute Gasteiger partial charge is 0.311 e. The minimum Gasteiger partial charge on any atom is -0.311 e. The quantitative estimate of drug-likeness (QED) is 0.672. The molecule has 0 aliphatic heterocycles. The van der Waals surface area contributed by atoms with Crippen LogP contribution in [0.4, 0.5) is 0 Å². The molecule has 0 unspecified atom stereocenters. The molecular weight excluding hydrogens is 212 g/mol. The summed E-state index contributed by atoms with van der Waals surface area (Å²) >= 11 is 0. The molecule has 0 atom stereocenters. The Hall–Kier alpha value is -0.900. The molecule has 0 aliphatic carbocycles. The lowest BCUT2D eigenvalue weighted by Gasteiger charge is -2.04. The third-order valence-electron chi connectivity index (χ3n) is 2.84. The zero-order valence-electron chi connectivity index (χ0n) is 11.4. The van der Waals surface area contributed by atoms with Crippen LogP contribution in [0.1, 0.15) is 51.6 Å². The molecule has 0 fully saturated rings. The van der Waals surface area contributed by atoms with Gasteiger partial charge >= 0.3 is 0 Å². The fourth-order valence-electron chi connectivity index (χ4n) is 1.85. The Balaban J connectivity index is 1.88. The van der Waals surface area contributed by atoms with E-state index in [0.717, 1.165) is 24.7 Å². The van der Waals surface area contributed by atoms with Gasteiger partial charge in [0.15, 0.2) is 0 Å². The number of hydrogen-bond acceptors (Lipinski definition) is 3. The van der Waals surface area contributed by atoms with Gasteiger partial charge in [-0.25, -0.2) is 0 Å². The Kier molecular flexibility index (Phi) is 6.86. The summed E-state index contributed by atoms with van der Waals surface area (Å²) in [5, 5.41) is 11.3. The van der Waals surface area contributed by atoms with E-state index in [1.807, 2.05) is 13.2 Å². The highest BCUT2D eigenvalue weighted by Crippen LogP contribution is 2.08. The lowest BCUT2D eigenvalue weighted by Crippen LogP contribution is -2.14. The van der Waals surface area contributed by atoms with Gasteiger partial charge in [-0.15, -0.1) is 5.10 Å². The highest BCUT2D eigenvalue weighted by Gasteiger charge is 1.97. The fourth-order valence-corrected chi connectivity index (χ4v) is 1.85.